The normalized spacial score (nSPS) is 15.1. The minimum absolute atomic E-state index is 0.0223. The van der Waals surface area contributed by atoms with Gasteiger partial charge in [0.1, 0.15) is 5.75 Å². The van der Waals surface area contributed by atoms with E-state index in [1.54, 1.807) is 0 Å². The fourth-order valence-electron chi connectivity index (χ4n) is 2.37. The number of allylic oxidation sites excluding steroid dienone is 1. The summed E-state index contributed by atoms with van der Waals surface area (Å²) in [6, 6.07) is 8.67. The van der Waals surface area contributed by atoms with E-state index in [0.717, 1.165) is 15.7 Å². The third kappa shape index (κ3) is 3.48. The number of phenolic OH excluding ortho intramolecular Hbond substituents is 1. The van der Waals surface area contributed by atoms with Crippen molar-refractivity contribution < 1.29 is 14.7 Å². The number of ketones is 1. The maximum absolute atomic E-state index is 12.5. The summed E-state index contributed by atoms with van der Waals surface area (Å²) in [5, 5.41) is 12.5. The number of fused-ring (bicyclic) bond motifs is 1. The van der Waals surface area contributed by atoms with Crippen LogP contribution >= 0.6 is 47.8 Å². The first kappa shape index (κ1) is 17.4. The molecule has 122 valence electrons. The number of phenols is 1. The molecule has 4 nitrogen and oxygen atoms in total. The molecule has 7 heteroatoms. The topological polar surface area (TPSA) is 66.4 Å². The number of aromatic hydroxyl groups is 1. The van der Waals surface area contributed by atoms with Crippen LogP contribution in [-0.4, -0.2) is 16.8 Å². The van der Waals surface area contributed by atoms with Gasteiger partial charge in [0, 0.05) is 27.7 Å². The van der Waals surface area contributed by atoms with Gasteiger partial charge >= 0.3 is 0 Å². The predicted molar refractivity (Wildman–Crippen MR) is 102 cm³/mol. The van der Waals surface area contributed by atoms with Gasteiger partial charge in [-0.15, -0.1) is 0 Å². The molecule has 0 aromatic heterocycles. The molecule has 2 N–H and O–H groups in total. The molecular formula is C17H10Br3NO3. The zero-order chi connectivity index (χ0) is 17.4. The van der Waals surface area contributed by atoms with Crippen LogP contribution in [0.15, 0.2) is 55.4 Å². The maximum Gasteiger partial charge on any atom is 0.252 e. The summed E-state index contributed by atoms with van der Waals surface area (Å²) in [7, 11) is 0. The fraction of sp³-hybridized carbons (Fsp3) is 0.0588. The summed E-state index contributed by atoms with van der Waals surface area (Å²) in [5.74, 6) is -0.568. The molecule has 2 aromatic rings. The molecule has 0 atom stereocenters. The van der Waals surface area contributed by atoms with Crippen LogP contribution in [0.3, 0.4) is 0 Å². The summed E-state index contributed by atoms with van der Waals surface area (Å²) >= 11 is 9.75. The molecule has 0 unspecified atom stereocenters. The van der Waals surface area contributed by atoms with Gasteiger partial charge in [-0.05, 0) is 67.8 Å². The van der Waals surface area contributed by atoms with Gasteiger partial charge < -0.3 is 10.4 Å². The van der Waals surface area contributed by atoms with Crippen molar-refractivity contribution in [1.29, 1.82) is 0 Å². The molecule has 0 spiro atoms. The molecule has 1 aliphatic heterocycles. The van der Waals surface area contributed by atoms with Crippen molar-refractivity contribution in [3.05, 3.63) is 66.5 Å². The monoisotopic (exact) mass is 513 g/mol. The summed E-state index contributed by atoms with van der Waals surface area (Å²) in [5.41, 5.74) is 2.46. The van der Waals surface area contributed by atoms with E-state index in [1.165, 1.54) is 18.2 Å². The van der Waals surface area contributed by atoms with Crippen LogP contribution in [-0.2, 0) is 11.2 Å². The predicted octanol–water partition coefficient (Wildman–Crippen LogP) is 4.98. The van der Waals surface area contributed by atoms with E-state index >= 15 is 0 Å². The third-order valence-electron chi connectivity index (χ3n) is 3.60. The molecule has 24 heavy (non-hydrogen) atoms. The lowest BCUT2D eigenvalue weighted by molar-refractivity contribution is -0.113. The van der Waals surface area contributed by atoms with Crippen LogP contribution in [0, 0.1) is 0 Å². The van der Waals surface area contributed by atoms with Crippen molar-refractivity contribution in [3.8, 4) is 5.75 Å². The summed E-state index contributed by atoms with van der Waals surface area (Å²) < 4.78 is 1.69. The second-order valence-electron chi connectivity index (χ2n) is 5.25. The van der Waals surface area contributed by atoms with Crippen LogP contribution < -0.4 is 5.32 Å². The molecule has 3 rings (SSSR count). The van der Waals surface area contributed by atoms with E-state index in [0.29, 0.717) is 26.5 Å². The van der Waals surface area contributed by atoms with Crippen LogP contribution in [0.25, 0.3) is 0 Å². The molecule has 1 heterocycles. The molecule has 0 aliphatic carbocycles. The second-order valence-corrected chi connectivity index (χ2v) is 7.88. The average molecular weight is 516 g/mol. The van der Waals surface area contributed by atoms with Crippen molar-refractivity contribution in [2.45, 2.75) is 6.42 Å². The van der Waals surface area contributed by atoms with Crippen molar-refractivity contribution in [1.82, 2.24) is 0 Å². The van der Waals surface area contributed by atoms with Gasteiger partial charge in [-0.1, -0.05) is 22.0 Å². The van der Waals surface area contributed by atoms with E-state index < -0.39 is 0 Å². The quantitative estimate of drug-likeness (QED) is 0.438. The summed E-state index contributed by atoms with van der Waals surface area (Å²) in [6.45, 7) is 0. The molecule has 1 amide bonds. The third-order valence-corrected chi connectivity index (χ3v) is 5.30. The Morgan fingerprint density at radius 3 is 2.46 bits per heavy atom. The van der Waals surface area contributed by atoms with Crippen LogP contribution in [0.4, 0.5) is 5.69 Å². The lowest BCUT2D eigenvalue weighted by Crippen LogP contribution is -2.23. The Morgan fingerprint density at radius 1 is 1.12 bits per heavy atom. The number of hydrogen-bond donors (Lipinski definition) is 2. The first-order valence-electron chi connectivity index (χ1n) is 6.88. The maximum atomic E-state index is 12.5. The van der Waals surface area contributed by atoms with Gasteiger partial charge in [0.15, 0.2) is 5.78 Å². The van der Waals surface area contributed by atoms with E-state index in [2.05, 4.69) is 53.1 Å². The Kier molecular flexibility index (Phi) is 4.94. The largest absolute Gasteiger partial charge is 0.506 e. The number of benzene rings is 2. The highest BCUT2D eigenvalue weighted by molar-refractivity contribution is 9.11. The summed E-state index contributed by atoms with van der Waals surface area (Å²) in [4.78, 5) is 24.7. The minimum atomic E-state index is -0.304. The van der Waals surface area contributed by atoms with Gasteiger partial charge in [0.2, 0.25) is 0 Å². The molecule has 0 saturated carbocycles. The van der Waals surface area contributed by atoms with Crippen molar-refractivity contribution in [2.75, 3.05) is 5.32 Å². The Bertz CT molecular complexity index is 883. The molecule has 0 saturated heterocycles. The van der Waals surface area contributed by atoms with Crippen molar-refractivity contribution >= 4 is 65.2 Å². The van der Waals surface area contributed by atoms with E-state index in [4.69, 9.17) is 0 Å². The lowest BCUT2D eigenvalue weighted by Gasteiger charge is -2.19. The zero-order valence-electron chi connectivity index (χ0n) is 12.1. The first-order valence-corrected chi connectivity index (χ1v) is 9.25. The number of halogens is 3. The number of hydrogen-bond acceptors (Lipinski definition) is 3. The number of nitrogens with one attached hydrogen (secondary N) is 1. The van der Waals surface area contributed by atoms with Crippen molar-refractivity contribution in [3.63, 3.8) is 0 Å². The fourth-order valence-corrected chi connectivity index (χ4v) is 3.92. The SMILES string of the molecule is O=C1Nc2cc(Br)ccc2C/C1=C\C(=O)c1cc(Br)c(O)c(Br)c1. The molecule has 0 bridgehead atoms. The van der Waals surface area contributed by atoms with Crippen molar-refractivity contribution in [2.24, 2.45) is 0 Å². The Morgan fingerprint density at radius 2 is 1.79 bits per heavy atom. The standard InChI is InChI=1S/C17H10Br3NO3/c18-11-2-1-8-3-10(17(24)21-14(8)7-11)6-15(22)9-4-12(19)16(23)13(20)5-9/h1-2,4-7,23H,3H2,(H,21,24)/b10-6+. The van der Waals surface area contributed by atoms with Gasteiger partial charge in [0.05, 0.1) is 8.95 Å². The lowest BCUT2D eigenvalue weighted by atomic mass is 9.96. The van der Waals surface area contributed by atoms with Gasteiger partial charge in [0.25, 0.3) is 5.91 Å². The Labute approximate surface area is 163 Å². The van der Waals surface area contributed by atoms with Gasteiger partial charge in [-0.25, -0.2) is 0 Å². The second kappa shape index (κ2) is 6.82. The Balaban J connectivity index is 1.92. The van der Waals surface area contributed by atoms with Gasteiger partial charge in [-0.2, -0.15) is 0 Å². The molecule has 1 aliphatic rings. The first-order chi connectivity index (χ1) is 11.3. The summed E-state index contributed by atoms with van der Waals surface area (Å²) in [6.07, 6.45) is 1.73. The minimum Gasteiger partial charge on any atom is -0.506 e. The number of anilines is 1. The highest BCUT2D eigenvalue weighted by atomic mass is 79.9. The zero-order valence-corrected chi connectivity index (χ0v) is 16.8. The molecule has 2 aromatic carbocycles. The van der Waals surface area contributed by atoms with Crippen LogP contribution in [0.2, 0.25) is 0 Å². The number of rotatable bonds is 2. The number of carbonyl (C=O) groups is 2. The number of amides is 1. The van der Waals surface area contributed by atoms with E-state index in [9.17, 15) is 14.7 Å². The van der Waals surface area contributed by atoms with E-state index in [-0.39, 0.29) is 17.4 Å². The van der Waals surface area contributed by atoms with E-state index in [1.807, 2.05) is 18.2 Å². The average Bonchev–Trinajstić information content (AvgIpc) is 2.53. The highest BCUT2D eigenvalue weighted by Crippen LogP contribution is 2.34. The highest BCUT2D eigenvalue weighted by Gasteiger charge is 2.21. The van der Waals surface area contributed by atoms with Gasteiger partial charge in [-0.3, -0.25) is 9.59 Å². The molecular weight excluding hydrogens is 506 g/mol. The molecule has 0 radical (unpaired) electrons. The smallest absolute Gasteiger partial charge is 0.252 e. The molecule has 0 fully saturated rings. The Hall–Kier alpha value is -1.44. The number of carbonyl (C=O) groups excluding carboxylic acids is 2. The van der Waals surface area contributed by atoms with Crippen LogP contribution in [0.5, 0.6) is 5.75 Å². The van der Waals surface area contributed by atoms with Crippen LogP contribution in [0.1, 0.15) is 15.9 Å².